The van der Waals surface area contributed by atoms with Crippen molar-refractivity contribution in [1.29, 1.82) is 0 Å². The molecule has 144 valence electrons. The lowest BCUT2D eigenvalue weighted by atomic mass is 9.78. The summed E-state index contributed by atoms with van der Waals surface area (Å²) >= 11 is 0. The monoisotopic (exact) mass is 364 g/mol. The Hall–Kier alpha value is -2.09. The number of hydrogen-bond donors (Lipinski definition) is 0. The molecule has 27 heavy (non-hydrogen) atoms. The van der Waals surface area contributed by atoms with E-state index in [0.717, 1.165) is 12.3 Å². The molecule has 1 fully saturated rings. The van der Waals surface area contributed by atoms with Crippen molar-refractivity contribution >= 4 is 5.97 Å². The third kappa shape index (κ3) is 5.45. The second-order valence-electron chi connectivity index (χ2n) is 7.88. The SMILES string of the molecule is CCCCc1ccc(OC(=O)c2ccc(C3CCC(CC)CC3)cc2)cc1. The molecule has 0 bridgehead atoms. The first-order chi connectivity index (χ1) is 13.2. The Morgan fingerprint density at radius 3 is 2.19 bits per heavy atom. The maximum Gasteiger partial charge on any atom is 0.343 e. The Labute approximate surface area is 164 Å². The highest BCUT2D eigenvalue weighted by Crippen LogP contribution is 2.36. The average Bonchev–Trinajstić information content (AvgIpc) is 2.73. The van der Waals surface area contributed by atoms with E-state index in [1.165, 1.54) is 56.1 Å². The molecular formula is C25H32O2. The number of esters is 1. The van der Waals surface area contributed by atoms with Crippen LogP contribution in [0.5, 0.6) is 5.75 Å². The number of ether oxygens (including phenoxy) is 1. The van der Waals surface area contributed by atoms with Gasteiger partial charge in [0, 0.05) is 0 Å². The van der Waals surface area contributed by atoms with Gasteiger partial charge in [-0.3, -0.25) is 0 Å². The van der Waals surface area contributed by atoms with Crippen LogP contribution in [0.1, 0.15) is 86.2 Å². The van der Waals surface area contributed by atoms with Gasteiger partial charge >= 0.3 is 5.97 Å². The van der Waals surface area contributed by atoms with E-state index in [1.807, 2.05) is 36.4 Å². The highest BCUT2D eigenvalue weighted by molar-refractivity contribution is 5.91. The molecule has 0 heterocycles. The van der Waals surface area contributed by atoms with Gasteiger partial charge in [0.05, 0.1) is 5.56 Å². The van der Waals surface area contributed by atoms with Gasteiger partial charge in [0.1, 0.15) is 5.75 Å². The largest absolute Gasteiger partial charge is 0.423 e. The number of carbonyl (C=O) groups excluding carboxylic acids is 1. The van der Waals surface area contributed by atoms with Crippen molar-refractivity contribution in [2.24, 2.45) is 5.92 Å². The number of unbranched alkanes of at least 4 members (excludes halogenated alkanes) is 1. The van der Waals surface area contributed by atoms with E-state index < -0.39 is 0 Å². The lowest BCUT2D eigenvalue weighted by Gasteiger charge is -2.28. The highest BCUT2D eigenvalue weighted by atomic mass is 16.5. The molecule has 0 aromatic heterocycles. The fraction of sp³-hybridized carbons (Fsp3) is 0.480. The summed E-state index contributed by atoms with van der Waals surface area (Å²) in [5, 5.41) is 0. The summed E-state index contributed by atoms with van der Waals surface area (Å²) in [6.07, 6.45) is 9.96. The van der Waals surface area contributed by atoms with Crippen LogP contribution in [0.25, 0.3) is 0 Å². The minimum atomic E-state index is -0.280. The summed E-state index contributed by atoms with van der Waals surface area (Å²) in [5.41, 5.74) is 3.27. The molecule has 1 saturated carbocycles. The van der Waals surface area contributed by atoms with Gasteiger partial charge < -0.3 is 4.74 Å². The number of hydrogen-bond acceptors (Lipinski definition) is 2. The van der Waals surface area contributed by atoms with Crippen molar-refractivity contribution in [1.82, 2.24) is 0 Å². The molecule has 2 heteroatoms. The topological polar surface area (TPSA) is 26.3 Å². The first-order valence-corrected chi connectivity index (χ1v) is 10.6. The maximum atomic E-state index is 12.4. The summed E-state index contributed by atoms with van der Waals surface area (Å²) in [7, 11) is 0. The molecule has 1 aliphatic carbocycles. The fourth-order valence-electron chi connectivity index (χ4n) is 4.07. The second-order valence-corrected chi connectivity index (χ2v) is 7.88. The van der Waals surface area contributed by atoms with Crippen LogP contribution in [0.3, 0.4) is 0 Å². The smallest absolute Gasteiger partial charge is 0.343 e. The summed E-state index contributed by atoms with van der Waals surface area (Å²) in [6, 6.07) is 15.9. The summed E-state index contributed by atoms with van der Waals surface area (Å²) in [5.74, 6) is 1.89. The van der Waals surface area contributed by atoms with Crippen LogP contribution in [0.4, 0.5) is 0 Å². The third-order valence-corrected chi connectivity index (χ3v) is 5.99. The summed E-state index contributed by atoms with van der Waals surface area (Å²) in [6.45, 7) is 4.49. The molecule has 0 aliphatic heterocycles. The second kappa shape index (κ2) is 9.73. The van der Waals surface area contributed by atoms with E-state index >= 15 is 0 Å². The third-order valence-electron chi connectivity index (χ3n) is 5.99. The average molecular weight is 365 g/mol. The van der Waals surface area contributed by atoms with Gasteiger partial charge in [0.2, 0.25) is 0 Å². The van der Waals surface area contributed by atoms with E-state index in [4.69, 9.17) is 4.74 Å². The number of rotatable bonds is 7. The molecule has 0 N–H and O–H groups in total. The van der Waals surface area contributed by atoms with Crippen molar-refractivity contribution in [2.45, 2.75) is 71.1 Å². The van der Waals surface area contributed by atoms with Crippen LogP contribution in [0, 0.1) is 5.92 Å². The molecule has 2 nitrogen and oxygen atoms in total. The normalized spacial score (nSPS) is 19.6. The Morgan fingerprint density at radius 1 is 0.926 bits per heavy atom. The molecule has 0 unspecified atom stereocenters. The predicted molar refractivity (Wildman–Crippen MR) is 111 cm³/mol. The van der Waals surface area contributed by atoms with Crippen molar-refractivity contribution in [3.8, 4) is 5.75 Å². The first kappa shape index (κ1) is 19.7. The Balaban J connectivity index is 1.56. The minimum absolute atomic E-state index is 0.280. The van der Waals surface area contributed by atoms with E-state index in [1.54, 1.807) is 0 Å². The van der Waals surface area contributed by atoms with Crippen molar-refractivity contribution in [3.05, 3.63) is 65.2 Å². The zero-order valence-electron chi connectivity index (χ0n) is 16.7. The number of benzene rings is 2. The van der Waals surface area contributed by atoms with Gasteiger partial charge in [0.25, 0.3) is 0 Å². The molecule has 2 aromatic rings. The Morgan fingerprint density at radius 2 is 1.59 bits per heavy atom. The van der Waals surface area contributed by atoms with E-state index in [0.29, 0.717) is 17.2 Å². The molecule has 0 saturated heterocycles. The molecule has 0 spiro atoms. The molecular weight excluding hydrogens is 332 g/mol. The van der Waals surface area contributed by atoms with Gasteiger partial charge in [-0.2, -0.15) is 0 Å². The van der Waals surface area contributed by atoms with Crippen LogP contribution < -0.4 is 4.74 Å². The van der Waals surface area contributed by atoms with Crippen LogP contribution in [0.2, 0.25) is 0 Å². The van der Waals surface area contributed by atoms with Crippen LogP contribution in [-0.2, 0) is 6.42 Å². The summed E-state index contributed by atoms with van der Waals surface area (Å²) < 4.78 is 5.53. The lowest BCUT2D eigenvalue weighted by molar-refractivity contribution is 0.0734. The number of aryl methyl sites for hydroxylation is 1. The Kier molecular flexibility index (Phi) is 7.09. The van der Waals surface area contributed by atoms with E-state index in [2.05, 4.69) is 26.0 Å². The lowest BCUT2D eigenvalue weighted by Crippen LogP contribution is -2.13. The highest BCUT2D eigenvalue weighted by Gasteiger charge is 2.21. The van der Waals surface area contributed by atoms with E-state index in [-0.39, 0.29) is 5.97 Å². The van der Waals surface area contributed by atoms with Crippen molar-refractivity contribution in [2.75, 3.05) is 0 Å². The minimum Gasteiger partial charge on any atom is -0.423 e. The van der Waals surface area contributed by atoms with Gasteiger partial charge in [-0.15, -0.1) is 0 Å². The number of carbonyl (C=O) groups is 1. The quantitative estimate of drug-likeness (QED) is 0.393. The molecule has 0 atom stereocenters. The molecule has 3 rings (SSSR count). The predicted octanol–water partition coefficient (Wildman–Crippen LogP) is 6.93. The van der Waals surface area contributed by atoms with Gasteiger partial charge in [-0.25, -0.2) is 4.79 Å². The first-order valence-electron chi connectivity index (χ1n) is 10.6. The molecule has 0 radical (unpaired) electrons. The van der Waals surface area contributed by atoms with Gasteiger partial charge in [0.15, 0.2) is 0 Å². The fourth-order valence-corrected chi connectivity index (χ4v) is 4.07. The zero-order chi connectivity index (χ0) is 19.1. The molecule has 0 amide bonds. The van der Waals surface area contributed by atoms with Crippen molar-refractivity contribution in [3.63, 3.8) is 0 Å². The summed E-state index contributed by atoms with van der Waals surface area (Å²) in [4.78, 5) is 12.4. The van der Waals surface area contributed by atoms with Crippen LogP contribution in [0.15, 0.2) is 48.5 Å². The van der Waals surface area contributed by atoms with E-state index in [9.17, 15) is 4.79 Å². The van der Waals surface area contributed by atoms with Gasteiger partial charge in [-0.1, -0.05) is 51.0 Å². The Bertz CT molecular complexity index is 707. The molecule has 1 aliphatic rings. The molecule has 2 aromatic carbocycles. The maximum absolute atomic E-state index is 12.4. The van der Waals surface area contributed by atoms with Crippen molar-refractivity contribution < 1.29 is 9.53 Å². The zero-order valence-corrected chi connectivity index (χ0v) is 16.7. The van der Waals surface area contributed by atoms with Gasteiger partial charge in [-0.05, 0) is 85.8 Å². The van der Waals surface area contributed by atoms with Crippen LogP contribution in [-0.4, -0.2) is 5.97 Å². The standard InChI is InChI=1S/C25H32O2/c1-3-5-6-20-9-17-24(18-10-20)27-25(26)23-15-13-22(14-16-23)21-11-7-19(4-2)8-12-21/h9-10,13-19,21H,3-8,11-12H2,1-2H3. The van der Waals surface area contributed by atoms with Crippen LogP contribution >= 0.6 is 0 Å².